The number of hydrogen-bond acceptors (Lipinski definition) is 4. The molecule has 1 atom stereocenters. The highest BCUT2D eigenvalue weighted by Crippen LogP contribution is 2.37. The Hall–Kier alpha value is -0.900. The van der Waals surface area contributed by atoms with Crippen molar-refractivity contribution in [1.29, 1.82) is 0 Å². The Labute approximate surface area is 76.9 Å². The van der Waals surface area contributed by atoms with E-state index < -0.39 is 28.9 Å². The summed E-state index contributed by atoms with van der Waals surface area (Å²) in [5, 5.41) is 9.40. The molecule has 1 heterocycles. The van der Waals surface area contributed by atoms with Gasteiger partial charge in [-0.15, -0.1) is 0 Å². The third-order valence-electron chi connectivity index (χ3n) is 2.25. The summed E-state index contributed by atoms with van der Waals surface area (Å²) < 4.78 is 4.69. The first-order valence-electron chi connectivity index (χ1n) is 4.15. The molecule has 0 aromatic heterocycles. The third kappa shape index (κ3) is 1.46. The predicted octanol–water partition coefficient (Wildman–Crippen LogP) is 0.278. The van der Waals surface area contributed by atoms with Crippen molar-refractivity contribution < 1.29 is 19.4 Å². The van der Waals surface area contributed by atoms with Crippen LogP contribution in [-0.2, 0) is 14.3 Å². The van der Waals surface area contributed by atoms with E-state index in [0.29, 0.717) is 0 Å². The number of rotatable bonds is 2. The zero-order valence-electron chi connectivity index (χ0n) is 8.25. The van der Waals surface area contributed by atoms with Crippen LogP contribution in [0.4, 0.5) is 0 Å². The molecular weight excluding hydrogens is 172 g/mol. The largest absolute Gasteiger partial charge is 0.452 e. The summed E-state index contributed by atoms with van der Waals surface area (Å²) in [5.41, 5.74) is -2.24. The molecule has 0 aromatic carbocycles. The molecule has 0 amide bonds. The minimum Gasteiger partial charge on any atom is -0.452 e. The van der Waals surface area contributed by atoms with Gasteiger partial charge in [0.25, 0.3) is 0 Å². The first kappa shape index (κ1) is 10.2. The molecule has 0 radical (unpaired) electrons. The maximum atomic E-state index is 11.5. The second-order valence-corrected chi connectivity index (χ2v) is 4.43. The topological polar surface area (TPSA) is 63.6 Å². The predicted molar refractivity (Wildman–Crippen MR) is 45.0 cm³/mol. The fraction of sp³-hybridized carbons (Fsp3) is 0.778. The lowest BCUT2D eigenvalue weighted by atomic mass is 9.76. The normalized spacial score (nSPS) is 26.2. The molecule has 1 unspecified atom stereocenters. The van der Waals surface area contributed by atoms with Crippen molar-refractivity contribution in [2.75, 3.05) is 0 Å². The monoisotopic (exact) mass is 186 g/mol. The van der Waals surface area contributed by atoms with Gasteiger partial charge in [0.15, 0.2) is 6.10 Å². The summed E-state index contributed by atoms with van der Waals surface area (Å²) in [6.07, 6.45) is -0.806. The van der Waals surface area contributed by atoms with Gasteiger partial charge in [-0.3, -0.25) is 9.59 Å². The standard InChI is InChI=1S/C9H14O4/c1-8(2)6(13-7(8)11)5(10)9(3,4)12/h6,12H,1-4H3. The van der Waals surface area contributed by atoms with Crippen molar-refractivity contribution in [2.45, 2.75) is 39.4 Å². The van der Waals surface area contributed by atoms with Crippen molar-refractivity contribution in [2.24, 2.45) is 5.41 Å². The lowest BCUT2D eigenvalue weighted by molar-refractivity contribution is -0.206. The summed E-state index contributed by atoms with van der Waals surface area (Å²) in [5.74, 6) is -0.841. The quantitative estimate of drug-likeness (QED) is 0.629. The maximum absolute atomic E-state index is 11.5. The molecule has 13 heavy (non-hydrogen) atoms. The summed E-state index contributed by atoms with van der Waals surface area (Å²) in [6, 6.07) is 0. The van der Waals surface area contributed by atoms with E-state index in [1.54, 1.807) is 13.8 Å². The Morgan fingerprint density at radius 2 is 2.00 bits per heavy atom. The van der Waals surface area contributed by atoms with Gasteiger partial charge in [0.1, 0.15) is 11.0 Å². The highest BCUT2D eigenvalue weighted by molar-refractivity contribution is 6.00. The van der Waals surface area contributed by atoms with Crippen molar-refractivity contribution in [3.8, 4) is 0 Å². The second-order valence-electron chi connectivity index (χ2n) is 4.43. The fourth-order valence-electron chi connectivity index (χ4n) is 1.16. The van der Waals surface area contributed by atoms with Crippen LogP contribution in [0.5, 0.6) is 0 Å². The van der Waals surface area contributed by atoms with Crippen LogP contribution in [0.15, 0.2) is 0 Å². The summed E-state index contributed by atoms with van der Waals surface area (Å²) in [4.78, 5) is 22.4. The van der Waals surface area contributed by atoms with Crippen LogP contribution >= 0.6 is 0 Å². The summed E-state index contributed by atoms with van der Waals surface area (Å²) >= 11 is 0. The molecule has 1 aliphatic rings. The molecule has 0 aliphatic carbocycles. The van der Waals surface area contributed by atoms with E-state index in [0.717, 1.165) is 0 Å². The first-order chi connectivity index (χ1) is 5.67. The van der Waals surface area contributed by atoms with E-state index >= 15 is 0 Å². The van der Waals surface area contributed by atoms with Crippen molar-refractivity contribution in [3.63, 3.8) is 0 Å². The molecule has 1 fully saturated rings. The van der Waals surface area contributed by atoms with Crippen molar-refractivity contribution >= 4 is 11.8 Å². The maximum Gasteiger partial charge on any atom is 0.316 e. The van der Waals surface area contributed by atoms with Crippen molar-refractivity contribution in [3.05, 3.63) is 0 Å². The number of aliphatic hydroxyl groups is 1. The van der Waals surface area contributed by atoms with Gasteiger partial charge in [-0.25, -0.2) is 0 Å². The van der Waals surface area contributed by atoms with E-state index in [9.17, 15) is 14.7 Å². The number of ketones is 1. The fourth-order valence-corrected chi connectivity index (χ4v) is 1.16. The molecule has 74 valence electrons. The summed E-state index contributed by atoms with van der Waals surface area (Å²) in [6.45, 7) is 6.04. The van der Waals surface area contributed by atoms with Crippen LogP contribution in [0.25, 0.3) is 0 Å². The molecule has 1 N–H and O–H groups in total. The third-order valence-corrected chi connectivity index (χ3v) is 2.25. The van der Waals surface area contributed by atoms with E-state index in [2.05, 4.69) is 0 Å². The highest BCUT2D eigenvalue weighted by atomic mass is 16.6. The van der Waals surface area contributed by atoms with E-state index in [4.69, 9.17) is 4.74 Å². The van der Waals surface area contributed by atoms with Crippen LogP contribution in [-0.4, -0.2) is 28.6 Å². The Morgan fingerprint density at radius 3 is 2.23 bits per heavy atom. The Morgan fingerprint density at radius 1 is 1.54 bits per heavy atom. The van der Waals surface area contributed by atoms with E-state index in [1.807, 2.05) is 0 Å². The second kappa shape index (κ2) is 2.54. The first-order valence-corrected chi connectivity index (χ1v) is 4.15. The number of carbonyl (C=O) groups is 2. The number of Topliss-reactive ketones (excluding diaryl/α,β-unsaturated/α-hetero) is 1. The average molecular weight is 186 g/mol. The van der Waals surface area contributed by atoms with E-state index in [-0.39, 0.29) is 0 Å². The Kier molecular flexibility index (Phi) is 1.99. The molecule has 0 spiro atoms. The molecule has 4 nitrogen and oxygen atoms in total. The zero-order chi connectivity index (χ0) is 10.4. The molecule has 1 rings (SSSR count). The van der Waals surface area contributed by atoms with Gasteiger partial charge in [-0.05, 0) is 27.7 Å². The summed E-state index contributed by atoms with van der Waals surface area (Å²) in [7, 11) is 0. The highest BCUT2D eigenvalue weighted by Gasteiger charge is 2.56. The van der Waals surface area contributed by atoms with Crippen LogP contribution in [0, 0.1) is 5.41 Å². The molecule has 1 aliphatic heterocycles. The lowest BCUT2D eigenvalue weighted by Gasteiger charge is -2.42. The van der Waals surface area contributed by atoms with Gasteiger partial charge in [-0.2, -0.15) is 0 Å². The van der Waals surface area contributed by atoms with Crippen molar-refractivity contribution in [1.82, 2.24) is 0 Å². The zero-order valence-corrected chi connectivity index (χ0v) is 8.25. The van der Waals surface area contributed by atoms with Gasteiger partial charge >= 0.3 is 5.97 Å². The molecule has 1 saturated heterocycles. The van der Waals surface area contributed by atoms with Crippen LogP contribution < -0.4 is 0 Å². The molecular formula is C9H14O4. The molecule has 0 bridgehead atoms. The van der Waals surface area contributed by atoms with Crippen LogP contribution in [0.3, 0.4) is 0 Å². The van der Waals surface area contributed by atoms with Gasteiger partial charge < -0.3 is 9.84 Å². The number of hydrogen-bond donors (Lipinski definition) is 1. The number of esters is 1. The minimum absolute atomic E-state index is 0.393. The van der Waals surface area contributed by atoms with Gasteiger partial charge in [-0.1, -0.05) is 0 Å². The van der Waals surface area contributed by atoms with E-state index in [1.165, 1.54) is 13.8 Å². The van der Waals surface area contributed by atoms with Gasteiger partial charge in [0.2, 0.25) is 5.78 Å². The number of ether oxygens (including phenoxy) is 1. The molecule has 0 aromatic rings. The average Bonchev–Trinajstić information content (AvgIpc) is 1.97. The molecule has 4 heteroatoms. The lowest BCUT2D eigenvalue weighted by Crippen LogP contribution is -2.60. The van der Waals surface area contributed by atoms with Gasteiger partial charge in [0.05, 0.1) is 0 Å². The Bertz CT molecular complexity index is 259. The van der Waals surface area contributed by atoms with Gasteiger partial charge in [0, 0.05) is 0 Å². The number of cyclic esters (lactones) is 1. The Balaban J connectivity index is 2.79. The minimum atomic E-state index is -1.44. The number of carbonyl (C=O) groups excluding carboxylic acids is 2. The smallest absolute Gasteiger partial charge is 0.316 e. The SMILES string of the molecule is CC(C)(O)C(=O)C1OC(=O)C1(C)C. The molecule has 0 saturated carbocycles. The van der Waals surface area contributed by atoms with Crippen LogP contribution in [0.1, 0.15) is 27.7 Å². The van der Waals surface area contributed by atoms with Crippen LogP contribution in [0.2, 0.25) is 0 Å².